The highest BCUT2D eigenvalue weighted by molar-refractivity contribution is 5.83. The smallest absolute Gasteiger partial charge is 0.244 e. The molecule has 0 bridgehead atoms. The van der Waals surface area contributed by atoms with E-state index in [9.17, 15) is 9.59 Å². The minimum Gasteiger partial charge on any atom is -0.497 e. The Labute approximate surface area is 198 Å². The van der Waals surface area contributed by atoms with Crippen LogP contribution < -0.4 is 4.74 Å². The number of rotatable bonds is 9. The minimum atomic E-state index is -0.305. The molecular formula is C27H37N3O3. The Bertz CT molecular complexity index is 881. The van der Waals surface area contributed by atoms with Crippen LogP contribution in [0.1, 0.15) is 43.9 Å². The highest BCUT2D eigenvalue weighted by Crippen LogP contribution is 2.25. The summed E-state index contributed by atoms with van der Waals surface area (Å²) in [6.07, 6.45) is 2.08. The van der Waals surface area contributed by atoms with Gasteiger partial charge in [0.25, 0.3) is 0 Å². The molecule has 178 valence electrons. The lowest BCUT2D eigenvalue weighted by Crippen LogP contribution is -2.44. The van der Waals surface area contributed by atoms with Crippen LogP contribution in [0.3, 0.4) is 0 Å². The predicted molar refractivity (Wildman–Crippen MR) is 131 cm³/mol. The van der Waals surface area contributed by atoms with E-state index < -0.39 is 0 Å². The van der Waals surface area contributed by atoms with Gasteiger partial charge in [0, 0.05) is 45.7 Å². The first kappa shape index (κ1) is 24.8. The Hall–Kier alpha value is -2.86. The van der Waals surface area contributed by atoms with Gasteiger partial charge in [-0.15, -0.1) is 0 Å². The molecule has 1 fully saturated rings. The Morgan fingerprint density at radius 2 is 1.64 bits per heavy atom. The van der Waals surface area contributed by atoms with E-state index in [1.165, 1.54) is 0 Å². The van der Waals surface area contributed by atoms with Crippen LogP contribution in [0.5, 0.6) is 5.75 Å². The number of nitrogens with zero attached hydrogens (tertiary/aromatic N) is 3. The van der Waals surface area contributed by atoms with Crippen molar-refractivity contribution in [1.82, 2.24) is 14.7 Å². The van der Waals surface area contributed by atoms with Crippen LogP contribution >= 0.6 is 0 Å². The fourth-order valence-corrected chi connectivity index (χ4v) is 4.50. The third-order valence-corrected chi connectivity index (χ3v) is 6.46. The maximum Gasteiger partial charge on any atom is 0.244 e. The normalized spacial score (nSPS) is 15.5. The van der Waals surface area contributed by atoms with Crippen LogP contribution in [0, 0.1) is 0 Å². The van der Waals surface area contributed by atoms with Gasteiger partial charge >= 0.3 is 0 Å². The van der Waals surface area contributed by atoms with E-state index in [0.717, 1.165) is 42.8 Å². The summed E-state index contributed by atoms with van der Waals surface area (Å²) in [5.74, 6) is 1.15. The molecule has 6 heteroatoms. The number of carbonyl (C=O) groups excluding carboxylic acids is 2. The lowest BCUT2D eigenvalue weighted by atomic mass is 10.0. The molecule has 1 aliphatic heterocycles. The molecule has 0 aliphatic carbocycles. The molecule has 2 amide bonds. The quantitative estimate of drug-likeness (QED) is 0.582. The zero-order valence-electron chi connectivity index (χ0n) is 20.2. The Morgan fingerprint density at radius 3 is 2.27 bits per heavy atom. The van der Waals surface area contributed by atoms with Crippen molar-refractivity contribution in [3.63, 3.8) is 0 Å². The molecule has 3 rings (SSSR count). The maximum absolute atomic E-state index is 13.4. The summed E-state index contributed by atoms with van der Waals surface area (Å²) in [7, 11) is 1.65. The summed E-state index contributed by atoms with van der Waals surface area (Å²) in [5.41, 5.74) is 2.16. The lowest BCUT2D eigenvalue weighted by molar-refractivity contribution is -0.137. The van der Waals surface area contributed by atoms with E-state index in [-0.39, 0.29) is 17.9 Å². The van der Waals surface area contributed by atoms with E-state index in [2.05, 4.69) is 4.90 Å². The Kier molecular flexibility index (Phi) is 9.31. The Morgan fingerprint density at radius 1 is 0.939 bits per heavy atom. The van der Waals surface area contributed by atoms with Gasteiger partial charge in [-0.25, -0.2) is 0 Å². The summed E-state index contributed by atoms with van der Waals surface area (Å²) < 4.78 is 5.20. The summed E-state index contributed by atoms with van der Waals surface area (Å²) in [5, 5.41) is 0. The van der Waals surface area contributed by atoms with Crippen molar-refractivity contribution in [2.24, 2.45) is 0 Å². The van der Waals surface area contributed by atoms with E-state index in [4.69, 9.17) is 4.74 Å². The molecule has 1 heterocycles. The molecule has 1 aliphatic rings. The molecule has 1 atom stereocenters. The standard InChI is InChI=1S/C27H37N3O3/c1-4-28(5-2)27(32)26(23-10-7-6-8-11-23)30-19-9-18-29(20-21-30)25(31)17-14-22-12-15-24(33-3)16-13-22/h6-8,10-13,15-16,26H,4-5,9,14,17-21H2,1-3H3. The molecule has 6 nitrogen and oxygen atoms in total. The minimum absolute atomic E-state index is 0.144. The number of benzene rings is 2. The zero-order chi connectivity index (χ0) is 23.6. The monoisotopic (exact) mass is 451 g/mol. The molecule has 1 saturated heterocycles. The van der Waals surface area contributed by atoms with Gasteiger partial charge in [0.2, 0.25) is 11.8 Å². The molecule has 33 heavy (non-hydrogen) atoms. The molecular weight excluding hydrogens is 414 g/mol. The van der Waals surface area contributed by atoms with Crippen LogP contribution in [-0.4, -0.2) is 72.9 Å². The molecule has 0 radical (unpaired) electrons. The maximum atomic E-state index is 13.4. The first-order chi connectivity index (χ1) is 16.1. The fraction of sp³-hybridized carbons (Fsp3) is 0.481. The number of carbonyl (C=O) groups is 2. The van der Waals surface area contributed by atoms with Gasteiger partial charge in [-0.3, -0.25) is 14.5 Å². The van der Waals surface area contributed by atoms with Crippen molar-refractivity contribution < 1.29 is 14.3 Å². The van der Waals surface area contributed by atoms with Gasteiger partial charge in [0.05, 0.1) is 7.11 Å². The number of hydrogen-bond donors (Lipinski definition) is 0. The molecule has 0 N–H and O–H groups in total. The van der Waals surface area contributed by atoms with Gasteiger partial charge in [0.1, 0.15) is 11.8 Å². The van der Waals surface area contributed by atoms with Gasteiger partial charge in [0.15, 0.2) is 0 Å². The van der Waals surface area contributed by atoms with Crippen molar-refractivity contribution in [3.05, 3.63) is 65.7 Å². The second kappa shape index (κ2) is 12.4. The number of amides is 2. The molecule has 0 aromatic heterocycles. The van der Waals surface area contributed by atoms with Crippen molar-refractivity contribution in [1.29, 1.82) is 0 Å². The lowest BCUT2D eigenvalue weighted by Gasteiger charge is -2.33. The third-order valence-electron chi connectivity index (χ3n) is 6.46. The largest absolute Gasteiger partial charge is 0.497 e. The topological polar surface area (TPSA) is 53.1 Å². The van der Waals surface area contributed by atoms with Gasteiger partial charge < -0.3 is 14.5 Å². The van der Waals surface area contributed by atoms with E-state index in [0.29, 0.717) is 32.6 Å². The average Bonchev–Trinajstić information content (AvgIpc) is 3.11. The second-order valence-electron chi connectivity index (χ2n) is 8.44. The van der Waals surface area contributed by atoms with Crippen LogP contribution in [0.4, 0.5) is 0 Å². The van der Waals surface area contributed by atoms with Gasteiger partial charge in [-0.1, -0.05) is 42.5 Å². The summed E-state index contributed by atoms with van der Waals surface area (Å²) in [6, 6.07) is 17.6. The number of likely N-dealkylation sites (N-methyl/N-ethyl adjacent to an activating group) is 1. The summed E-state index contributed by atoms with van der Waals surface area (Å²) in [6.45, 7) is 8.32. The molecule has 0 spiro atoms. The summed E-state index contributed by atoms with van der Waals surface area (Å²) in [4.78, 5) is 32.5. The van der Waals surface area contributed by atoms with Gasteiger partial charge in [-0.05, 0) is 49.9 Å². The first-order valence-corrected chi connectivity index (χ1v) is 12.1. The first-order valence-electron chi connectivity index (χ1n) is 12.1. The van der Waals surface area contributed by atoms with Crippen LogP contribution in [-0.2, 0) is 16.0 Å². The molecule has 1 unspecified atom stereocenters. The van der Waals surface area contributed by atoms with Crippen molar-refractivity contribution in [2.75, 3.05) is 46.4 Å². The summed E-state index contributed by atoms with van der Waals surface area (Å²) >= 11 is 0. The number of ether oxygens (including phenoxy) is 1. The van der Waals surface area contributed by atoms with Crippen LogP contribution in [0.15, 0.2) is 54.6 Å². The molecule has 2 aromatic rings. The fourth-order valence-electron chi connectivity index (χ4n) is 4.50. The van der Waals surface area contributed by atoms with Crippen molar-refractivity contribution in [2.45, 2.75) is 39.2 Å². The van der Waals surface area contributed by atoms with E-state index in [1.807, 2.05) is 78.2 Å². The second-order valence-corrected chi connectivity index (χ2v) is 8.44. The van der Waals surface area contributed by atoms with E-state index in [1.54, 1.807) is 7.11 Å². The number of methoxy groups -OCH3 is 1. The number of hydrogen-bond acceptors (Lipinski definition) is 4. The van der Waals surface area contributed by atoms with Crippen molar-refractivity contribution >= 4 is 11.8 Å². The Balaban J connectivity index is 1.64. The molecule has 0 saturated carbocycles. The highest BCUT2D eigenvalue weighted by Gasteiger charge is 2.32. The number of aryl methyl sites for hydroxylation is 1. The highest BCUT2D eigenvalue weighted by atomic mass is 16.5. The van der Waals surface area contributed by atoms with Crippen LogP contribution in [0.25, 0.3) is 0 Å². The third kappa shape index (κ3) is 6.57. The SMILES string of the molecule is CCN(CC)C(=O)C(c1ccccc1)N1CCCN(C(=O)CCc2ccc(OC)cc2)CC1. The van der Waals surface area contributed by atoms with Crippen molar-refractivity contribution in [3.8, 4) is 5.75 Å². The van der Waals surface area contributed by atoms with Gasteiger partial charge in [-0.2, -0.15) is 0 Å². The molecule has 2 aromatic carbocycles. The average molecular weight is 452 g/mol. The van der Waals surface area contributed by atoms with Crippen LogP contribution in [0.2, 0.25) is 0 Å². The predicted octanol–water partition coefficient (Wildman–Crippen LogP) is 3.77. The zero-order valence-corrected chi connectivity index (χ0v) is 20.2. The van der Waals surface area contributed by atoms with E-state index >= 15 is 0 Å².